The molecule has 1 rings (SSSR count). The van der Waals surface area contributed by atoms with Gasteiger partial charge in [-0.25, -0.2) is 4.79 Å². The molecule has 0 radical (unpaired) electrons. The van der Waals surface area contributed by atoms with Gasteiger partial charge >= 0.3 is 12.1 Å². The van der Waals surface area contributed by atoms with Crippen molar-refractivity contribution in [1.82, 2.24) is 4.90 Å². The fourth-order valence-corrected chi connectivity index (χ4v) is 2.41. The lowest BCUT2D eigenvalue weighted by Crippen LogP contribution is -2.46. The fourth-order valence-electron chi connectivity index (χ4n) is 2.41. The van der Waals surface area contributed by atoms with Gasteiger partial charge in [0.15, 0.2) is 0 Å². The zero-order valence-electron chi connectivity index (χ0n) is 9.77. The second-order valence-corrected chi connectivity index (χ2v) is 4.95. The third kappa shape index (κ3) is 2.65. The van der Waals surface area contributed by atoms with Crippen LogP contribution in [0.4, 0.5) is 4.79 Å². The van der Waals surface area contributed by atoms with Crippen molar-refractivity contribution < 1.29 is 19.8 Å². The van der Waals surface area contributed by atoms with Crippen molar-refractivity contribution in [2.24, 2.45) is 11.3 Å². The molecule has 0 saturated carbocycles. The Balaban J connectivity index is 2.70. The van der Waals surface area contributed by atoms with Crippen molar-refractivity contribution in [2.75, 3.05) is 13.1 Å². The van der Waals surface area contributed by atoms with E-state index in [2.05, 4.69) is 0 Å². The Kier molecular flexibility index (Phi) is 3.78. The number of carbonyl (C=O) groups is 2. The summed E-state index contributed by atoms with van der Waals surface area (Å²) < 4.78 is 0. The van der Waals surface area contributed by atoms with Gasteiger partial charge in [0.1, 0.15) is 0 Å². The Morgan fingerprint density at radius 1 is 1.25 bits per heavy atom. The maximum Gasteiger partial charge on any atom is 0.407 e. The van der Waals surface area contributed by atoms with Crippen molar-refractivity contribution in [3.63, 3.8) is 0 Å². The summed E-state index contributed by atoms with van der Waals surface area (Å²) in [4.78, 5) is 23.4. The molecular formula is C11H19NO4. The molecule has 1 amide bonds. The second kappa shape index (κ2) is 4.72. The first kappa shape index (κ1) is 12.8. The van der Waals surface area contributed by atoms with Crippen molar-refractivity contribution in [3.8, 4) is 0 Å². The smallest absolute Gasteiger partial charge is 0.407 e. The summed E-state index contributed by atoms with van der Waals surface area (Å²) in [5, 5.41) is 18.1. The molecule has 1 heterocycles. The van der Waals surface area contributed by atoms with Crippen molar-refractivity contribution >= 4 is 12.1 Å². The molecule has 0 unspecified atom stereocenters. The Bertz CT molecular complexity index is 280. The van der Waals surface area contributed by atoms with Gasteiger partial charge in [0.25, 0.3) is 0 Å². The molecule has 16 heavy (non-hydrogen) atoms. The molecule has 1 aliphatic heterocycles. The molecule has 1 fully saturated rings. The predicted octanol–water partition coefficient (Wildman–Crippen LogP) is 1.88. The molecule has 5 nitrogen and oxygen atoms in total. The molecule has 0 atom stereocenters. The lowest BCUT2D eigenvalue weighted by atomic mass is 9.73. The largest absolute Gasteiger partial charge is 0.481 e. The van der Waals surface area contributed by atoms with E-state index in [1.165, 1.54) is 4.90 Å². The molecule has 0 aliphatic carbocycles. The van der Waals surface area contributed by atoms with E-state index in [1.54, 1.807) is 0 Å². The standard InChI is InChI=1S/C11H19NO4/c1-8(2)7-11(9(13)14)3-5-12(6-4-11)10(15)16/h8H,3-7H2,1-2H3,(H,13,14)(H,15,16). The van der Waals surface area contributed by atoms with E-state index >= 15 is 0 Å². The van der Waals surface area contributed by atoms with Crippen molar-refractivity contribution in [2.45, 2.75) is 33.1 Å². The molecule has 92 valence electrons. The highest BCUT2D eigenvalue weighted by Crippen LogP contribution is 2.37. The van der Waals surface area contributed by atoms with Crippen LogP contribution < -0.4 is 0 Å². The van der Waals surface area contributed by atoms with Gasteiger partial charge in [0, 0.05) is 13.1 Å². The number of piperidine rings is 1. The second-order valence-electron chi connectivity index (χ2n) is 4.95. The van der Waals surface area contributed by atoms with Gasteiger partial charge in [-0.05, 0) is 25.2 Å². The number of nitrogens with zero attached hydrogens (tertiary/aromatic N) is 1. The quantitative estimate of drug-likeness (QED) is 0.774. The number of hydrogen-bond donors (Lipinski definition) is 2. The van der Waals surface area contributed by atoms with Crippen LogP contribution in [0.15, 0.2) is 0 Å². The average molecular weight is 229 g/mol. The summed E-state index contributed by atoms with van der Waals surface area (Å²) in [6, 6.07) is 0. The number of likely N-dealkylation sites (tertiary alicyclic amines) is 1. The average Bonchev–Trinajstić information content (AvgIpc) is 2.17. The SMILES string of the molecule is CC(C)CC1(C(=O)O)CCN(C(=O)O)CC1. The molecule has 1 saturated heterocycles. The van der Waals surface area contributed by atoms with Crippen LogP contribution in [0.25, 0.3) is 0 Å². The molecule has 0 aromatic carbocycles. The normalized spacial score (nSPS) is 19.8. The molecule has 2 N–H and O–H groups in total. The van der Waals surface area contributed by atoms with Crippen LogP contribution in [0.2, 0.25) is 0 Å². The molecule has 0 aromatic rings. The van der Waals surface area contributed by atoms with Crippen LogP contribution in [0.1, 0.15) is 33.1 Å². The first-order valence-corrected chi connectivity index (χ1v) is 5.59. The first-order valence-electron chi connectivity index (χ1n) is 5.59. The zero-order valence-corrected chi connectivity index (χ0v) is 9.77. The number of amides is 1. The minimum Gasteiger partial charge on any atom is -0.481 e. The molecule has 1 aliphatic rings. The third-order valence-electron chi connectivity index (χ3n) is 3.24. The van der Waals surface area contributed by atoms with Crippen LogP contribution in [-0.2, 0) is 4.79 Å². The van der Waals surface area contributed by atoms with Gasteiger partial charge < -0.3 is 15.1 Å². The molecule has 5 heteroatoms. The van der Waals surface area contributed by atoms with E-state index in [9.17, 15) is 14.7 Å². The highest BCUT2D eigenvalue weighted by atomic mass is 16.4. The van der Waals surface area contributed by atoms with Crippen molar-refractivity contribution in [3.05, 3.63) is 0 Å². The number of carboxylic acids is 1. The third-order valence-corrected chi connectivity index (χ3v) is 3.24. The van der Waals surface area contributed by atoms with Gasteiger partial charge in [0.2, 0.25) is 0 Å². The van der Waals surface area contributed by atoms with Crippen molar-refractivity contribution in [1.29, 1.82) is 0 Å². The van der Waals surface area contributed by atoms with E-state index in [-0.39, 0.29) is 0 Å². The van der Waals surface area contributed by atoms with Crippen LogP contribution in [0.5, 0.6) is 0 Å². The number of hydrogen-bond acceptors (Lipinski definition) is 2. The van der Waals surface area contributed by atoms with Crippen LogP contribution in [0.3, 0.4) is 0 Å². The zero-order chi connectivity index (χ0) is 12.3. The Morgan fingerprint density at radius 2 is 1.75 bits per heavy atom. The van der Waals surface area contributed by atoms with E-state index in [4.69, 9.17) is 5.11 Å². The Morgan fingerprint density at radius 3 is 2.06 bits per heavy atom. The van der Waals surface area contributed by atoms with Crippen LogP contribution in [-0.4, -0.2) is 40.3 Å². The van der Waals surface area contributed by atoms with Gasteiger partial charge in [0.05, 0.1) is 5.41 Å². The minimum absolute atomic E-state index is 0.312. The van der Waals surface area contributed by atoms with E-state index in [1.807, 2.05) is 13.8 Å². The summed E-state index contributed by atoms with van der Waals surface area (Å²) in [7, 11) is 0. The predicted molar refractivity (Wildman–Crippen MR) is 58.4 cm³/mol. The minimum atomic E-state index is -0.955. The fraction of sp³-hybridized carbons (Fsp3) is 0.818. The molecule has 0 bridgehead atoms. The monoisotopic (exact) mass is 229 g/mol. The van der Waals surface area contributed by atoms with Crippen LogP contribution >= 0.6 is 0 Å². The highest BCUT2D eigenvalue weighted by Gasteiger charge is 2.42. The lowest BCUT2D eigenvalue weighted by Gasteiger charge is -2.38. The maximum absolute atomic E-state index is 11.3. The Hall–Kier alpha value is -1.26. The Labute approximate surface area is 95.1 Å². The number of aliphatic carboxylic acids is 1. The molecular weight excluding hydrogens is 210 g/mol. The summed E-state index contributed by atoms with van der Waals surface area (Å²) in [5.74, 6) is -0.473. The van der Waals surface area contributed by atoms with E-state index in [0.29, 0.717) is 38.3 Å². The number of carboxylic acid groups (broad SMARTS) is 2. The van der Waals surface area contributed by atoms with Gasteiger partial charge in [-0.15, -0.1) is 0 Å². The summed E-state index contributed by atoms with van der Waals surface area (Å²) in [5.41, 5.74) is -0.722. The topological polar surface area (TPSA) is 77.8 Å². The van der Waals surface area contributed by atoms with Gasteiger partial charge in [-0.2, -0.15) is 0 Å². The summed E-state index contributed by atoms with van der Waals surface area (Å²) >= 11 is 0. The molecule has 0 aromatic heterocycles. The summed E-state index contributed by atoms with van der Waals surface area (Å²) in [6.07, 6.45) is 0.513. The molecule has 0 spiro atoms. The van der Waals surface area contributed by atoms with E-state index < -0.39 is 17.5 Å². The van der Waals surface area contributed by atoms with E-state index in [0.717, 1.165) is 0 Å². The summed E-state index contributed by atoms with van der Waals surface area (Å²) in [6.45, 7) is 4.64. The first-order chi connectivity index (χ1) is 7.37. The lowest BCUT2D eigenvalue weighted by molar-refractivity contribution is -0.153. The maximum atomic E-state index is 11.3. The van der Waals surface area contributed by atoms with Crippen LogP contribution in [0, 0.1) is 11.3 Å². The number of rotatable bonds is 3. The van der Waals surface area contributed by atoms with Gasteiger partial charge in [-0.3, -0.25) is 4.79 Å². The highest BCUT2D eigenvalue weighted by molar-refractivity contribution is 5.75. The van der Waals surface area contributed by atoms with Gasteiger partial charge in [-0.1, -0.05) is 13.8 Å².